The van der Waals surface area contributed by atoms with Crippen molar-refractivity contribution in [2.24, 2.45) is 0 Å². The lowest BCUT2D eigenvalue weighted by Crippen LogP contribution is -2.36. The number of aromatic nitrogens is 2. The predicted octanol–water partition coefficient (Wildman–Crippen LogP) is 3.75. The fourth-order valence-corrected chi connectivity index (χ4v) is 4.35. The minimum Gasteiger partial charge on any atom is -0.394 e. The number of unbranched alkanes of at least 4 members (excludes halogenated alkanes) is 13. The summed E-state index contributed by atoms with van der Waals surface area (Å²) in [4.78, 5) is 16.3. The Balaban J connectivity index is 1.51. The highest BCUT2D eigenvalue weighted by Crippen LogP contribution is 2.28. The predicted molar refractivity (Wildman–Crippen MR) is 130 cm³/mol. The SMILES string of the molecule is CCCCCCCCCCCCCCCCNc1ccn(C2O[C@H](CO)[C@@H](O)[C@@H]2O)c(=O)n1. The molecule has 4 atom stereocenters. The topological polar surface area (TPSA) is 117 Å². The quantitative estimate of drug-likeness (QED) is 0.243. The highest BCUT2D eigenvalue weighted by molar-refractivity contribution is 5.31. The number of aliphatic hydroxyl groups excluding tert-OH is 3. The van der Waals surface area contributed by atoms with E-state index in [0.29, 0.717) is 5.82 Å². The van der Waals surface area contributed by atoms with Crippen LogP contribution in [0.25, 0.3) is 0 Å². The molecule has 1 aromatic heterocycles. The van der Waals surface area contributed by atoms with Crippen molar-refractivity contribution < 1.29 is 20.1 Å². The van der Waals surface area contributed by atoms with Gasteiger partial charge in [-0.1, -0.05) is 90.4 Å². The van der Waals surface area contributed by atoms with Crippen LogP contribution in [-0.2, 0) is 4.74 Å². The summed E-state index contributed by atoms with van der Waals surface area (Å²) >= 11 is 0. The number of hydrogen-bond donors (Lipinski definition) is 4. The molecule has 1 aromatic rings. The number of ether oxygens (including phenoxy) is 1. The van der Waals surface area contributed by atoms with E-state index in [1.807, 2.05) is 0 Å². The van der Waals surface area contributed by atoms with Crippen LogP contribution in [0.5, 0.6) is 0 Å². The molecule has 0 aromatic carbocycles. The monoisotopic (exact) mass is 467 g/mol. The van der Waals surface area contributed by atoms with Crippen LogP contribution in [0.15, 0.2) is 17.1 Å². The van der Waals surface area contributed by atoms with Crippen molar-refractivity contribution in [3.8, 4) is 0 Å². The Kier molecular flexibility index (Phi) is 13.6. The molecule has 33 heavy (non-hydrogen) atoms. The molecule has 0 saturated carbocycles. The first-order valence-corrected chi connectivity index (χ1v) is 13.0. The molecule has 0 aliphatic carbocycles. The maximum atomic E-state index is 12.3. The molecule has 0 amide bonds. The van der Waals surface area contributed by atoms with Crippen LogP contribution in [0, 0.1) is 0 Å². The van der Waals surface area contributed by atoms with Crippen molar-refractivity contribution in [1.29, 1.82) is 0 Å². The van der Waals surface area contributed by atoms with Gasteiger partial charge < -0.3 is 25.4 Å². The van der Waals surface area contributed by atoms with E-state index in [9.17, 15) is 20.1 Å². The molecule has 1 aliphatic heterocycles. The van der Waals surface area contributed by atoms with Crippen molar-refractivity contribution in [3.63, 3.8) is 0 Å². The molecule has 1 saturated heterocycles. The van der Waals surface area contributed by atoms with Gasteiger partial charge in [0.25, 0.3) is 0 Å². The van der Waals surface area contributed by atoms with Crippen LogP contribution in [-0.4, -0.2) is 56.3 Å². The van der Waals surface area contributed by atoms with E-state index >= 15 is 0 Å². The molecule has 2 rings (SSSR count). The molecule has 8 nitrogen and oxygen atoms in total. The third-order valence-electron chi connectivity index (χ3n) is 6.46. The molecular weight excluding hydrogens is 422 g/mol. The van der Waals surface area contributed by atoms with Crippen LogP contribution < -0.4 is 11.0 Å². The van der Waals surface area contributed by atoms with Crippen molar-refractivity contribution in [2.45, 2.75) is 121 Å². The number of anilines is 1. The van der Waals surface area contributed by atoms with Gasteiger partial charge in [0.15, 0.2) is 6.23 Å². The summed E-state index contributed by atoms with van der Waals surface area (Å²) in [5.41, 5.74) is -0.573. The fraction of sp³-hybridized carbons (Fsp3) is 0.840. The molecule has 190 valence electrons. The third kappa shape index (κ3) is 9.73. The van der Waals surface area contributed by atoms with Crippen molar-refractivity contribution in [1.82, 2.24) is 9.55 Å². The highest BCUT2D eigenvalue weighted by Gasteiger charge is 2.43. The average molecular weight is 468 g/mol. The Morgan fingerprint density at radius 1 is 0.909 bits per heavy atom. The summed E-state index contributed by atoms with van der Waals surface area (Å²) in [5.74, 6) is 0.484. The third-order valence-corrected chi connectivity index (χ3v) is 6.46. The maximum Gasteiger partial charge on any atom is 0.351 e. The van der Waals surface area contributed by atoms with Gasteiger partial charge >= 0.3 is 5.69 Å². The van der Waals surface area contributed by atoms with E-state index in [1.165, 1.54) is 83.2 Å². The summed E-state index contributed by atoms with van der Waals surface area (Å²) in [5, 5.41) is 32.3. The zero-order valence-corrected chi connectivity index (χ0v) is 20.3. The first-order valence-electron chi connectivity index (χ1n) is 13.0. The summed E-state index contributed by atoms with van der Waals surface area (Å²) in [6, 6.07) is 1.65. The van der Waals surface area contributed by atoms with E-state index < -0.39 is 36.8 Å². The molecule has 2 heterocycles. The second-order valence-corrected chi connectivity index (χ2v) is 9.25. The molecule has 8 heteroatoms. The Bertz CT molecular complexity index is 699. The number of nitrogens with zero attached hydrogens (tertiary/aromatic N) is 2. The smallest absolute Gasteiger partial charge is 0.351 e. The Morgan fingerprint density at radius 3 is 1.94 bits per heavy atom. The summed E-state index contributed by atoms with van der Waals surface area (Å²) < 4.78 is 6.52. The normalized spacial score (nSPS) is 22.7. The van der Waals surface area contributed by atoms with Gasteiger partial charge in [-0.25, -0.2) is 4.79 Å². The second-order valence-electron chi connectivity index (χ2n) is 9.25. The molecule has 1 unspecified atom stereocenters. The first-order chi connectivity index (χ1) is 16.1. The van der Waals surface area contributed by atoms with Gasteiger partial charge in [-0.3, -0.25) is 4.57 Å². The van der Waals surface area contributed by atoms with Crippen molar-refractivity contribution >= 4 is 5.82 Å². The maximum absolute atomic E-state index is 12.3. The van der Waals surface area contributed by atoms with Crippen LogP contribution >= 0.6 is 0 Å². The van der Waals surface area contributed by atoms with Crippen molar-refractivity contribution in [3.05, 3.63) is 22.7 Å². The molecule has 4 N–H and O–H groups in total. The lowest BCUT2D eigenvalue weighted by atomic mass is 10.0. The van der Waals surface area contributed by atoms with Gasteiger partial charge in [-0.15, -0.1) is 0 Å². The van der Waals surface area contributed by atoms with Gasteiger partial charge in [0.1, 0.15) is 24.1 Å². The molecule has 0 radical (unpaired) electrons. The number of aliphatic hydroxyl groups is 3. The zero-order chi connectivity index (χ0) is 23.9. The van der Waals surface area contributed by atoms with E-state index in [-0.39, 0.29) is 0 Å². The Hall–Kier alpha value is -1.48. The Morgan fingerprint density at radius 2 is 1.45 bits per heavy atom. The first kappa shape index (κ1) is 27.8. The zero-order valence-electron chi connectivity index (χ0n) is 20.3. The minimum absolute atomic E-state index is 0.435. The lowest BCUT2D eigenvalue weighted by molar-refractivity contribution is -0.0549. The fourth-order valence-electron chi connectivity index (χ4n) is 4.35. The standard InChI is InChI=1S/C25H45N3O5/c1-2-3-4-5-6-7-8-9-10-11-12-13-14-15-17-26-21-16-18-28(25(32)27-21)24-23(31)22(30)20(19-29)33-24/h16,18,20,22-24,29-31H,2-15,17,19H2,1H3,(H,26,27,32)/t20-,22-,23+,24?/m1/s1. The molecular formula is C25H45N3O5. The highest BCUT2D eigenvalue weighted by atomic mass is 16.6. The van der Waals surface area contributed by atoms with Gasteiger partial charge in [-0.2, -0.15) is 4.98 Å². The lowest BCUT2D eigenvalue weighted by Gasteiger charge is -2.17. The Labute approximate surface area is 198 Å². The van der Waals surface area contributed by atoms with Crippen LogP contribution in [0.4, 0.5) is 5.82 Å². The van der Waals surface area contributed by atoms with Crippen LogP contribution in [0.2, 0.25) is 0 Å². The van der Waals surface area contributed by atoms with Gasteiger partial charge in [0.2, 0.25) is 0 Å². The van der Waals surface area contributed by atoms with E-state index in [0.717, 1.165) is 24.0 Å². The van der Waals surface area contributed by atoms with Gasteiger partial charge in [-0.05, 0) is 12.5 Å². The largest absolute Gasteiger partial charge is 0.394 e. The molecule has 1 aliphatic rings. The van der Waals surface area contributed by atoms with Gasteiger partial charge in [0.05, 0.1) is 6.61 Å². The number of rotatable bonds is 18. The summed E-state index contributed by atoms with van der Waals surface area (Å²) in [7, 11) is 0. The molecule has 0 bridgehead atoms. The molecule has 0 spiro atoms. The van der Waals surface area contributed by atoms with Gasteiger partial charge in [0, 0.05) is 12.7 Å². The van der Waals surface area contributed by atoms with Crippen molar-refractivity contribution in [2.75, 3.05) is 18.5 Å². The molecule has 1 fully saturated rings. The van der Waals surface area contributed by atoms with E-state index in [4.69, 9.17) is 4.74 Å². The summed E-state index contributed by atoms with van der Waals surface area (Å²) in [6.45, 7) is 2.58. The van der Waals surface area contributed by atoms with Crippen LogP contribution in [0.3, 0.4) is 0 Å². The second kappa shape index (κ2) is 16.2. The number of hydrogen-bond acceptors (Lipinski definition) is 7. The minimum atomic E-state index is -1.30. The van der Waals surface area contributed by atoms with E-state index in [2.05, 4.69) is 17.2 Å². The van der Waals surface area contributed by atoms with E-state index in [1.54, 1.807) is 6.07 Å². The number of nitrogens with one attached hydrogen (secondary N) is 1. The summed E-state index contributed by atoms with van der Waals surface area (Å²) in [6.07, 6.45) is 15.4. The average Bonchev–Trinajstić information content (AvgIpc) is 3.10. The van der Waals surface area contributed by atoms with Crippen LogP contribution in [0.1, 0.15) is 103 Å².